The van der Waals surface area contributed by atoms with E-state index in [0.29, 0.717) is 11.1 Å². The molecular formula is C34H34O7Ti. The maximum atomic E-state index is 11.3. The molecule has 42 heavy (non-hydrogen) atoms. The van der Waals surface area contributed by atoms with Crippen molar-refractivity contribution in [1.82, 2.24) is 0 Å². The first-order chi connectivity index (χ1) is 19.3. The Bertz CT molecular complexity index is 1380. The number of carboxylic acids is 3. The van der Waals surface area contributed by atoms with Crippen LogP contribution < -0.4 is 0 Å². The van der Waals surface area contributed by atoms with Crippen molar-refractivity contribution in [1.29, 1.82) is 0 Å². The average Bonchev–Trinajstić information content (AvgIpc) is 2.98. The van der Waals surface area contributed by atoms with Crippen LogP contribution in [0.25, 0.3) is 0 Å². The van der Waals surface area contributed by atoms with Crippen molar-refractivity contribution in [2.24, 2.45) is 0 Å². The van der Waals surface area contributed by atoms with Crippen LogP contribution >= 0.6 is 0 Å². The standard InChI is InChI=1S/2C16H16O2.C2H2O3.Ti/c2*1-16(2,12-8-4-3-5-9-12)14-11-7-6-10-13(14)15(17)18;3-1-2(4)5;/h2*3-11H,1-2H3,(H,17,18);1H,(H,4,5);. The molecule has 7 nitrogen and oxygen atoms in total. The van der Waals surface area contributed by atoms with Crippen LogP contribution in [-0.2, 0) is 42.1 Å². The van der Waals surface area contributed by atoms with Gasteiger partial charge in [0.15, 0.2) is 0 Å². The molecule has 4 rings (SSSR count). The molecule has 8 heteroatoms. The second-order valence-electron chi connectivity index (χ2n) is 10.1. The smallest absolute Gasteiger partial charge is 0.368 e. The Balaban J connectivity index is 0.000000355. The van der Waals surface area contributed by atoms with Gasteiger partial charge < -0.3 is 15.3 Å². The third kappa shape index (κ3) is 9.37. The monoisotopic (exact) mass is 602 g/mol. The van der Waals surface area contributed by atoms with E-state index in [2.05, 4.69) is 0 Å². The summed E-state index contributed by atoms with van der Waals surface area (Å²) in [5.41, 5.74) is 3.98. The molecule has 3 N–H and O–H groups in total. The van der Waals surface area contributed by atoms with Crippen LogP contribution in [0.3, 0.4) is 0 Å². The Morgan fingerprint density at radius 3 is 1.05 bits per heavy atom. The third-order valence-electron chi connectivity index (χ3n) is 6.75. The van der Waals surface area contributed by atoms with Crippen molar-refractivity contribution in [3.05, 3.63) is 143 Å². The summed E-state index contributed by atoms with van der Waals surface area (Å²) in [6, 6.07) is 34.3. The molecule has 0 aliphatic heterocycles. The number of aromatic carboxylic acids is 2. The number of carboxylic acid groups (broad SMARTS) is 3. The SMILES string of the molecule is CC(C)(c1ccccc1)c1ccccc1C(=O)O.CC(C)(c1ccccc1)c1ccccc1C(=O)O.O=CC(=O)O.[Ti]. The van der Waals surface area contributed by atoms with E-state index < -0.39 is 17.9 Å². The predicted molar refractivity (Wildman–Crippen MR) is 158 cm³/mol. The normalized spacial score (nSPS) is 10.4. The first-order valence-electron chi connectivity index (χ1n) is 12.8. The minimum absolute atomic E-state index is 0. The zero-order valence-electron chi connectivity index (χ0n) is 23.9. The molecule has 0 atom stereocenters. The van der Waals surface area contributed by atoms with Crippen molar-refractivity contribution < 1.29 is 56.2 Å². The first-order valence-corrected chi connectivity index (χ1v) is 12.8. The Hall–Kier alpha value is -4.33. The van der Waals surface area contributed by atoms with Gasteiger partial charge in [-0.1, -0.05) is 125 Å². The zero-order chi connectivity index (χ0) is 30.6. The molecule has 4 aromatic rings. The molecule has 0 heterocycles. The Morgan fingerprint density at radius 2 is 0.786 bits per heavy atom. The summed E-state index contributed by atoms with van der Waals surface area (Å²) in [6.45, 7) is 8.18. The third-order valence-corrected chi connectivity index (χ3v) is 6.75. The molecule has 0 bridgehead atoms. The van der Waals surface area contributed by atoms with Crippen molar-refractivity contribution in [2.75, 3.05) is 0 Å². The molecule has 216 valence electrons. The minimum Gasteiger partial charge on any atom is -0.478 e. The summed E-state index contributed by atoms with van der Waals surface area (Å²) < 4.78 is 0. The molecule has 0 radical (unpaired) electrons. The van der Waals surface area contributed by atoms with Gasteiger partial charge in [0.05, 0.1) is 11.1 Å². The van der Waals surface area contributed by atoms with Crippen LogP contribution in [0.5, 0.6) is 0 Å². The summed E-state index contributed by atoms with van der Waals surface area (Å²) in [6.07, 6.45) is -0.167. The van der Waals surface area contributed by atoms with Gasteiger partial charge >= 0.3 is 17.9 Å². The largest absolute Gasteiger partial charge is 0.478 e. The minimum atomic E-state index is -1.43. The van der Waals surface area contributed by atoms with E-state index in [1.54, 1.807) is 24.3 Å². The fourth-order valence-corrected chi connectivity index (χ4v) is 4.45. The molecule has 0 aliphatic carbocycles. The van der Waals surface area contributed by atoms with Gasteiger partial charge in [-0.05, 0) is 34.4 Å². The van der Waals surface area contributed by atoms with E-state index in [1.807, 2.05) is 113 Å². The maximum absolute atomic E-state index is 11.3. The van der Waals surface area contributed by atoms with Crippen molar-refractivity contribution >= 4 is 24.2 Å². The van der Waals surface area contributed by atoms with E-state index in [4.69, 9.17) is 14.7 Å². The Morgan fingerprint density at radius 1 is 0.524 bits per heavy atom. The number of aliphatic carboxylic acids is 1. The Kier molecular flexibility index (Phi) is 13.8. The number of aldehydes is 1. The van der Waals surface area contributed by atoms with E-state index in [0.717, 1.165) is 22.3 Å². The molecule has 0 spiro atoms. The van der Waals surface area contributed by atoms with Gasteiger partial charge in [-0.15, -0.1) is 0 Å². The van der Waals surface area contributed by atoms with Gasteiger partial charge in [-0.25, -0.2) is 14.4 Å². The average molecular weight is 603 g/mol. The van der Waals surface area contributed by atoms with Crippen LogP contribution in [0.1, 0.15) is 70.7 Å². The van der Waals surface area contributed by atoms with Crippen LogP contribution in [0, 0.1) is 0 Å². The van der Waals surface area contributed by atoms with Crippen LogP contribution in [0.15, 0.2) is 109 Å². The van der Waals surface area contributed by atoms with Crippen LogP contribution in [-0.4, -0.2) is 39.5 Å². The summed E-state index contributed by atoms with van der Waals surface area (Å²) in [4.78, 5) is 40.5. The second-order valence-corrected chi connectivity index (χ2v) is 10.1. The molecule has 0 saturated heterocycles. The number of carbonyl (C=O) groups excluding carboxylic acids is 1. The van der Waals surface area contributed by atoms with Crippen LogP contribution in [0.2, 0.25) is 0 Å². The number of hydrogen-bond acceptors (Lipinski definition) is 4. The number of carbonyl (C=O) groups is 4. The zero-order valence-corrected chi connectivity index (χ0v) is 25.5. The van der Waals surface area contributed by atoms with Gasteiger partial charge in [0.2, 0.25) is 6.29 Å². The summed E-state index contributed by atoms with van der Waals surface area (Å²) in [5, 5.41) is 25.9. The molecule has 0 fully saturated rings. The van der Waals surface area contributed by atoms with Gasteiger partial charge in [-0.2, -0.15) is 0 Å². The maximum Gasteiger partial charge on any atom is 0.368 e. The molecule has 0 saturated carbocycles. The Labute approximate surface area is 260 Å². The number of rotatable bonds is 7. The topological polar surface area (TPSA) is 129 Å². The number of hydrogen-bond donors (Lipinski definition) is 3. The summed E-state index contributed by atoms with van der Waals surface area (Å²) >= 11 is 0. The summed E-state index contributed by atoms with van der Waals surface area (Å²) in [7, 11) is 0. The molecular weight excluding hydrogens is 568 g/mol. The van der Waals surface area contributed by atoms with Gasteiger partial charge in [0.25, 0.3) is 0 Å². The van der Waals surface area contributed by atoms with E-state index in [9.17, 15) is 19.8 Å². The predicted octanol–water partition coefficient (Wildman–Crippen LogP) is 6.69. The van der Waals surface area contributed by atoms with Crippen molar-refractivity contribution in [3.8, 4) is 0 Å². The van der Waals surface area contributed by atoms with Gasteiger partial charge in [0, 0.05) is 32.5 Å². The van der Waals surface area contributed by atoms with Crippen LogP contribution in [0.4, 0.5) is 0 Å². The fraction of sp³-hybridized carbons (Fsp3) is 0.176. The second kappa shape index (κ2) is 16.2. The van der Waals surface area contributed by atoms with Gasteiger partial charge in [0.1, 0.15) is 0 Å². The molecule has 0 amide bonds. The van der Waals surface area contributed by atoms with Crippen molar-refractivity contribution in [3.63, 3.8) is 0 Å². The quantitative estimate of drug-likeness (QED) is 0.122. The summed E-state index contributed by atoms with van der Waals surface area (Å²) in [5.74, 6) is -3.19. The molecule has 0 unspecified atom stereocenters. The molecule has 0 aliphatic rings. The van der Waals surface area contributed by atoms with E-state index in [-0.39, 0.29) is 38.8 Å². The van der Waals surface area contributed by atoms with E-state index >= 15 is 0 Å². The number of benzene rings is 4. The first kappa shape index (κ1) is 35.7. The van der Waals surface area contributed by atoms with E-state index in [1.165, 1.54) is 0 Å². The van der Waals surface area contributed by atoms with Crippen molar-refractivity contribution in [2.45, 2.75) is 38.5 Å². The van der Waals surface area contributed by atoms with Gasteiger partial charge in [-0.3, -0.25) is 4.79 Å². The fourth-order valence-electron chi connectivity index (χ4n) is 4.45. The molecule has 0 aromatic heterocycles. The molecule has 4 aromatic carbocycles.